The van der Waals surface area contributed by atoms with Gasteiger partial charge in [-0.2, -0.15) is 0 Å². The lowest BCUT2D eigenvalue weighted by molar-refractivity contribution is -0.118. The molecule has 0 unspecified atom stereocenters. The topological polar surface area (TPSA) is 54.9 Å². The van der Waals surface area contributed by atoms with Crippen molar-refractivity contribution in [1.29, 1.82) is 0 Å². The molecule has 128 valence electrons. The number of nitrogens with zero attached hydrogens (tertiary/aromatic N) is 2. The van der Waals surface area contributed by atoms with E-state index in [1.54, 1.807) is 0 Å². The number of benzene rings is 1. The largest absolute Gasteiger partial charge is 0.355 e. The molecular formula is C18H22ClN3OS. The van der Waals surface area contributed by atoms with E-state index in [2.05, 4.69) is 29.1 Å². The zero-order chi connectivity index (χ0) is 17.5. The molecule has 0 atom stereocenters. The third-order valence-electron chi connectivity index (χ3n) is 3.33. The van der Waals surface area contributed by atoms with Crippen LogP contribution >= 0.6 is 23.4 Å². The van der Waals surface area contributed by atoms with Crippen molar-refractivity contribution in [3.8, 4) is 11.4 Å². The molecule has 6 heteroatoms. The van der Waals surface area contributed by atoms with Gasteiger partial charge in [0.05, 0.1) is 5.75 Å². The molecule has 1 amide bonds. The van der Waals surface area contributed by atoms with Gasteiger partial charge in [-0.25, -0.2) is 9.97 Å². The molecule has 0 aliphatic rings. The fraction of sp³-hybridized carbons (Fsp3) is 0.389. The fourth-order valence-corrected chi connectivity index (χ4v) is 2.94. The summed E-state index contributed by atoms with van der Waals surface area (Å²) in [6.07, 6.45) is 0.990. The summed E-state index contributed by atoms with van der Waals surface area (Å²) in [5.74, 6) is 1.62. The van der Waals surface area contributed by atoms with Crippen LogP contribution in [-0.4, -0.2) is 28.2 Å². The Morgan fingerprint density at radius 2 is 1.96 bits per heavy atom. The molecule has 0 aliphatic carbocycles. The average Bonchev–Trinajstić information content (AvgIpc) is 2.53. The number of nitrogens with one attached hydrogen (secondary N) is 1. The fourth-order valence-electron chi connectivity index (χ4n) is 2.03. The quantitative estimate of drug-likeness (QED) is 0.586. The van der Waals surface area contributed by atoms with Crippen LogP contribution in [0.5, 0.6) is 0 Å². The summed E-state index contributed by atoms with van der Waals surface area (Å²) in [4.78, 5) is 20.9. The van der Waals surface area contributed by atoms with Gasteiger partial charge >= 0.3 is 0 Å². The Morgan fingerprint density at radius 1 is 1.25 bits per heavy atom. The minimum Gasteiger partial charge on any atom is -0.355 e. The molecule has 1 heterocycles. The summed E-state index contributed by atoms with van der Waals surface area (Å²) in [6.45, 7) is 6.93. The van der Waals surface area contributed by atoms with Crippen LogP contribution in [0.1, 0.15) is 26.0 Å². The average molecular weight is 364 g/mol. The Morgan fingerprint density at radius 3 is 2.62 bits per heavy atom. The smallest absolute Gasteiger partial charge is 0.230 e. The number of carbonyl (C=O) groups is 1. The first kappa shape index (κ1) is 18.7. The lowest BCUT2D eigenvalue weighted by Gasteiger charge is -2.08. The third kappa shape index (κ3) is 6.13. The van der Waals surface area contributed by atoms with E-state index in [0.717, 1.165) is 29.2 Å². The SMILES string of the molecule is Cc1cc(SCC(=O)NCCC(C)C)nc(-c2ccc(Cl)cc2)n1. The van der Waals surface area contributed by atoms with Crippen molar-refractivity contribution < 1.29 is 4.79 Å². The van der Waals surface area contributed by atoms with Gasteiger partial charge in [0.15, 0.2) is 5.82 Å². The van der Waals surface area contributed by atoms with E-state index in [-0.39, 0.29) is 5.91 Å². The summed E-state index contributed by atoms with van der Waals surface area (Å²) in [5.41, 5.74) is 1.78. The van der Waals surface area contributed by atoms with E-state index in [1.165, 1.54) is 11.8 Å². The van der Waals surface area contributed by atoms with Crippen LogP contribution in [0, 0.1) is 12.8 Å². The van der Waals surface area contributed by atoms with Gasteiger partial charge in [-0.3, -0.25) is 4.79 Å². The molecule has 1 aromatic heterocycles. The molecule has 0 bridgehead atoms. The first-order valence-electron chi connectivity index (χ1n) is 7.95. The van der Waals surface area contributed by atoms with E-state index in [1.807, 2.05) is 37.3 Å². The number of amides is 1. The van der Waals surface area contributed by atoms with Crippen LogP contribution in [0.25, 0.3) is 11.4 Å². The zero-order valence-corrected chi connectivity index (χ0v) is 15.7. The van der Waals surface area contributed by atoms with Crippen molar-refractivity contribution in [2.45, 2.75) is 32.2 Å². The van der Waals surface area contributed by atoms with Crippen LogP contribution in [0.2, 0.25) is 5.02 Å². The molecule has 0 saturated heterocycles. The Kier molecular flexibility index (Phi) is 7.06. The van der Waals surface area contributed by atoms with Crippen LogP contribution < -0.4 is 5.32 Å². The van der Waals surface area contributed by atoms with Crippen LogP contribution in [-0.2, 0) is 4.79 Å². The van der Waals surface area contributed by atoms with E-state index in [0.29, 0.717) is 22.5 Å². The molecular weight excluding hydrogens is 342 g/mol. The highest BCUT2D eigenvalue weighted by atomic mass is 35.5. The first-order chi connectivity index (χ1) is 11.4. The number of thioether (sulfide) groups is 1. The van der Waals surface area contributed by atoms with E-state index in [9.17, 15) is 4.79 Å². The molecule has 1 N–H and O–H groups in total. The van der Waals surface area contributed by atoms with Gasteiger partial charge in [0, 0.05) is 22.8 Å². The van der Waals surface area contributed by atoms with Gasteiger partial charge in [-0.15, -0.1) is 0 Å². The standard InChI is InChI=1S/C18H22ClN3OS/c1-12(2)8-9-20-16(23)11-24-17-10-13(3)21-18(22-17)14-4-6-15(19)7-5-14/h4-7,10,12H,8-9,11H2,1-3H3,(H,20,23). The van der Waals surface area contributed by atoms with Crippen LogP contribution in [0.3, 0.4) is 0 Å². The van der Waals surface area contributed by atoms with Crippen LogP contribution in [0.4, 0.5) is 0 Å². The van der Waals surface area contributed by atoms with Crippen molar-refractivity contribution in [3.63, 3.8) is 0 Å². The molecule has 0 fully saturated rings. The van der Waals surface area contributed by atoms with Crippen molar-refractivity contribution in [1.82, 2.24) is 15.3 Å². The Labute approximate surface area is 152 Å². The molecule has 0 radical (unpaired) electrons. The predicted octanol–water partition coefficient (Wildman–Crippen LogP) is 4.36. The van der Waals surface area contributed by atoms with E-state index in [4.69, 9.17) is 11.6 Å². The second-order valence-corrected chi connectivity index (χ2v) is 7.43. The highest BCUT2D eigenvalue weighted by Gasteiger charge is 2.08. The first-order valence-corrected chi connectivity index (χ1v) is 9.31. The second-order valence-electron chi connectivity index (χ2n) is 6.00. The van der Waals surface area contributed by atoms with Crippen molar-refractivity contribution in [2.24, 2.45) is 5.92 Å². The number of aromatic nitrogens is 2. The molecule has 4 nitrogen and oxygen atoms in total. The molecule has 1 aromatic carbocycles. The normalized spacial score (nSPS) is 10.9. The lowest BCUT2D eigenvalue weighted by Crippen LogP contribution is -2.26. The monoisotopic (exact) mass is 363 g/mol. The molecule has 0 saturated carbocycles. The number of carbonyl (C=O) groups excluding carboxylic acids is 1. The minimum atomic E-state index is 0.0324. The number of hydrogen-bond acceptors (Lipinski definition) is 4. The van der Waals surface area contributed by atoms with Gasteiger partial charge in [-0.1, -0.05) is 37.2 Å². The Balaban J connectivity index is 1.98. The van der Waals surface area contributed by atoms with Gasteiger partial charge < -0.3 is 5.32 Å². The number of aryl methyl sites for hydroxylation is 1. The number of hydrogen-bond donors (Lipinski definition) is 1. The maximum absolute atomic E-state index is 11.9. The van der Waals surface area contributed by atoms with Crippen molar-refractivity contribution in [2.75, 3.05) is 12.3 Å². The summed E-state index contributed by atoms with van der Waals surface area (Å²) < 4.78 is 0. The van der Waals surface area contributed by atoms with Crippen LogP contribution in [0.15, 0.2) is 35.4 Å². The second kappa shape index (κ2) is 9.04. The van der Waals surface area contributed by atoms with Gasteiger partial charge in [0.2, 0.25) is 5.91 Å². The molecule has 24 heavy (non-hydrogen) atoms. The molecule has 0 spiro atoms. The van der Waals surface area contributed by atoms with Gasteiger partial charge in [-0.05, 0) is 49.6 Å². The van der Waals surface area contributed by atoms with E-state index < -0.39 is 0 Å². The molecule has 2 aromatic rings. The summed E-state index contributed by atoms with van der Waals surface area (Å²) in [7, 11) is 0. The summed E-state index contributed by atoms with van der Waals surface area (Å²) in [6, 6.07) is 9.31. The lowest BCUT2D eigenvalue weighted by atomic mass is 10.1. The molecule has 0 aliphatic heterocycles. The Hall–Kier alpha value is -1.59. The summed E-state index contributed by atoms with van der Waals surface area (Å²) >= 11 is 7.34. The molecule has 2 rings (SSSR count). The van der Waals surface area contributed by atoms with Gasteiger partial charge in [0.1, 0.15) is 5.03 Å². The zero-order valence-electron chi connectivity index (χ0n) is 14.2. The van der Waals surface area contributed by atoms with Crippen molar-refractivity contribution in [3.05, 3.63) is 41.0 Å². The maximum Gasteiger partial charge on any atom is 0.230 e. The number of rotatable bonds is 7. The maximum atomic E-state index is 11.9. The van der Waals surface area contributed by atoms with Gasteiger partial charge in [0.25, 0.3) is 0 Å². The third-order valence-corrected chi connectivity index (χ3v) is 4.49. The van der Waals surface area contributed by atoms with E-state index >= 15 is 0 Å². The van der Waals surface area contributed by atoms with Crippen molar-refractivity contribution >= 4 is 29.3 Å². The highest BCUT2D eigenvalue weighted by Crippen LogP contribution is 2.22. The predicted molar refractivity (Wildman–Crippen MR) is 100 cm³/mol. The highest BCUT2D eigenvalue weighted by molar-refractivity contribution is 7.99. The summed E-state index contributed by atoms with van der Waals surface area (Å²) in [5, 5.41) is 4.41. The number of halogens is 1. The minimum absolute atomic E-state index is 0.0324. The Bertz CT molecular complexity index is 689.